The summed E-state index contributed by atoms with van der Waals surface area (Å²) in [4.78, 5) is 13.6. The zero-order valence-corrected chi connectivity index (χ0v) is 12.5. The second-order valence-corrected chi connectivity index (χ2v) is 6.05. The lowest BCUT2D eigenvalue weighted by Crippen LogP contribution is -2.54. The number of amides is 1. The number of hydrogen-bond acceptors (Lipinski definition) is 4. The highest BCUT2D eigenvalue weighted by molar-refractivity contribution is 7.98. The molecule has 0 aromatic carbocycles. The van der Waals surface area contributed by atoms with Gasteiger partial charge >= 0.3 is 0 Å². The fraction of sp³-hybridized carbons (Fsp3) is 0.692. The van der Waals surface area contributed by atoms with Crippen molar-refractivity contribution in [3.63, 3.8) is 0 Å². The number of thioether (sulfide) groups is 1. The zero-order chi connectivity index (χ0) is 14.0. The minimum Gasteiger partial charge on any atom is -0.383 e. The van der Waals surface area contributed by atoms with Crippen LogP contribution in [-0.2, 0) is 4.79 Å². The monoisotopic (exact) mass is 283 g/mol. The average Bonchev–Trinajstić information content (AvgIpc) is 2.63. The lowest BCUT2D eigenvalue weighted by Gasteiger charge is -2.40. The van der Waals surface area contributed by atoms with Gasteiger partial charge in [-0.25, -0.2) is 0 Å². The lowest BCUT2D eigenvalue weighted by molar-refractivity contribution is -0.146. The quantitative estimate of drug-likeness (QED) is 0.876. The number of hydrogen-bond donors (Lipinski definition) is 1. The summed E-state index contributed by atoms with van der Waals surface area (Å²) in [6, 6.07) is 2.29. The van der Waals surface area contributed by atoms with E-state index in [1.165, 1.54) is 0 Å². The summed E-state index contributed by atoms with van der Waals surface area (Å²) in [5.74, 6) is 0.661. The molecule has 0 aliphatic carbocycles. The Kier molecular flexibility index (Phi) is 4.52. The van der Waals surface area contributed by atoms with Crippen LogP contribution in [0.5, 0.6) is 0 Å². The third-order valence-electron chi connectivity index (χ3n) is 3.44. The highest BCUT2D eigenvalue weighted by Crippen LogP contribution is 2.23. The molecule has 1 saturated heterocycles. The zero-order valence-electron chi connectivity index (χ0n) is 11.7. The maximum atomic E-state index is 11.9. The van der Waals surface area contributed by atoms with E-state index in [1.54, 1.807) is 16.7 Å². The van der Waals surface area contributed by atoms with E-state index in [9.17, 15) is 9.90 Å². The number of likely N-dealkylation sites (tertiary alicyclic amines) is 1. The summed E-state index contributed by atoms with van der Waals surface area (Å²) in [5.41, 5.74) is 2.12. The van der Waals surface area contributed by atoms with Crippen LogP contribution in [0.15, 0.2) is 6.07 Å². The van der Waals surface area contributed by atoms with Crippen molar-refractivity contribution in [1.82, 2.24) is 14.7 Å². The van der Waals surface area contributed by atoms with Gasteiger partial charge in [0.1, 0.15) is 6.10 Å². The highest BCUT2D eigenvalue weighted by Gasteiger charge is 2.35. The Hall–Kier alpha value is -1.01. The molecule has 1 aliphatic heterocycles. The van der Waals surface area contributed by atoms with Gasteiger partial charge in [0.25, 0.3) is 5.91 Å². The molecule has 1 aliphatic rings. The van der Waals surface area contributed by atoms with Crippen LogP contribution in [0.1, 0.15) is 23.9 Å². The molecular weight excluding hydrogens is 262 g/mol. The highest BCUT2D eigenvalue weighted by atomic mass is 32.2. The molecule has 0 unspecified atom stereocenters. The van der Waals surface area contributed by atoms with Crippen LogP contribution in [0.2, 0.25) is 0 Å². The molecule has 2 heterocycles. The molecule has 1 aromatic rings. The Balaban J connectivity index is 1.86. The second-order valence-electron chi connectivity index (χ2n) is 5.07. The van der Waals surface area contributed by atoms with Crippen molar-refractivity contribution in [3.8, 4) is 0 Å². The van der Waals surface area contributed by atoms with Crippen LogP contribution in [0, 0.1) is 13.8 Å². The van der Waals surface area contributed by atoms with Gasteiger partial charge in [-0.15, -0.1) is 0 Å². The van der Waals surface area contributed by atoms with E-state index in [0.29, 0.717) is 19.5 Å². The van der Waals surface area contributed by atoms with E-state index in [2.05, 4.69) is 5.10 Å². The summed E-state index contributed by atoms with van der Waals surface area (Å²) in [6.45, 7) is 5.29. The van der Waals surface area contributed by atoms with Crippen molar-refractivity contribution < 1.29 is 9.90 Å². The smallest absolute Gasteiger partial charge is 0.251 e. The van der Waals surface area contributed by atoms with Gasteiger partial charge in [-0.05, 0) is 38.3 Å². The molecule has 2 rings (SSSR count). The maximum Gasteiger partial charge on any atom is 0.251 e. The number of aliphatic hydroxyl groups excluding tert-OH is 1. The molecule has 0 saturated carbocycles. The third kappa shape index (κ3) is 3.12. The lowest BCUT2D eigenvalue weighted by atomic mass is 10.1. The number of nitrogens with zero attached hydrogens (tertiary/aromatic N) is 3. The van der Waals surface area contributed by atoms with Crippen molar-refractivity contribution in [2.75, 3.05) is 25.1 Å². The number of rotatable bonds is 5. The molecule has 0 radical (unpaired) electrons. The molecule has 1 atom stereocenters. The molecule has 0 bridgehead atoms. The predicted octanol–water partition coefficient (Wildman–Crippen LogP) is 0.997. The van der Waals surface area contributed by atoms with Crippen molar-refractivity contribution in [3.05, 3.63) is 17.5 Å². The van der Waals surface area contributed by atoms with Crippen LogP contribution in [0.4, 0.5) is 0 Å². The molecular formula is C13H21N3O2S. The Labute approximate surface area is 118 Å². The first-order chi connectivity index (χ1) is 9.02. The SMILES string of the molecule is CSCC[C@@H](O)C(=O)N1CC(n2nc(C)cc2C)C1. The van der Waals surface area contributed by atoms with Crippen LogP contribution in [-0.4, -0.2) is 56.9 Å². The van der Waals surface area contributed by atoms with E-state index in [-0.39, 0.29) is 11.9 Å². The van der Waals surface area contributed by atoms with Crippen LogP contribution >= 0.6 is 11.8 Å². The summed E-state index contributed by atoms with van der Waals surface area (Å²) < 4.78 is 1.98. The van der Waals surface area contributed by atoms with Crippen molar-refractivity contribution in [1.29, 1.82) is 0 Å². The number of carbonyl (C=O) groups excluding carboxylic acids is 1. The van der Waals surface area contributed by atoms with E-state index in [1.807, 2.05) is 30.9 Å². The first-order valence-electron chi connectivity index (χ1n) is 6.51. The first-order valence-corrected chi connectivity index (χ1v) is 7.91. The minimum atomic E-state index is -0.853. The van der Waals surface area contributed by atoms with Gasteiger partial charge in [0.15, 0.2) is 0 Å². The molecule has 0 spiro atoms. The van der Waals surface area contributed by atoms with E-state index in [4.69, 9.17) is 0 Å². The maximum absolute atomic E-state index is 11.9. The fourth-order valence-corrected chi connectivity index (χ4v) is 2.83. The Morgan fingerprint density at radius 2 is 2.26 bits per heavy atom. The third-order valence-corrected chi connectivity index (χ3v) is 4.09. The average molecular weight is 283 g/mol. The summed E-state index contributed by atoms with van der Waals surface area (Å²) in [7, 11) is 0. The molecule has 106 valence electrons. The molecule has 1 amide bonds. The second kappa shape index (κ2) is 5.96. The molecule has 6 heteroatoms. The number of aromatic nitrogens is 2. The molecule has 1 N–H and O–H groups in total. The Morgan fingerprint density at radius 3 is 2.79 bits per heavy atom. The van der Waals surface area contributed by atoms with Crippen molar-refractivity contribution in [2.45, 2.75) is 32.4 Å². The fourth-order valence-electron chi connectivity index (χ4n) is 2.37. The van der Waals surface area contributed by atoms with Gasteiger partial charge in [-0.2, -0.15) is 16.9 Å². The summed E-state index contributed by atoms with van der Waals surface area (Å²) in [6.07, 6.45) is 1.65. The van der Waals surface area contributed by atoms with Gasteiger partial charge in [-0.1, -0.05) is 0 Å². The van der Waals surface area contributed by atoms with Crippen LogP contribution in [0.25, 0.3) is 0 Å². The number of aliphatic hydroxyl groups is 1. The first kappa shape index (κ1) is 14.4. The largest absolute Gasteiger partial charge is 0.383 e. The van der Waals surface area contributed by atoms with Crippen LogP contribution in [0.3, 0.4) is 0 Å². The van der Waals surface area contributed by atoms with Gasteiger partial charge in [0.05, 0.1) is 11.7 Å². The molecule has 19 heavy (non-hydrogen) atoms. The molecule has 5 nitrogen and oxygen atoms in total. The van der Waals surface area contributed by atoms with Crippen molar-refractivity contribution >= 4 is 17.7 Å². The van der Waals surface area contributed by atoms with Gasteiger partial charge in [0.2, 0.25) is 0 Å². The topological polar surface area (TPSA) is 58.4 Å². The van der Waals surface area contributed by atoms with E-state index < -0.39 is 6.10 Å². The van der Waals surface area contributed by atoms with E-state index >= 15 is 0 Å². The molecule has 1 fully saturated rings. The van der Waals surface area contributed by atoms with Crippen molar-refractivity contribution in [2.24, 2.45) is 0 Å². The van der Waals surface area contributed by atoms with E-state index in [0.717, 1.165) is 17.1 Å². The standard InChI is InChI=1S/C13H21N3O2S/c1-9-6-10(2)16(14-9)11-7-15(8-11)13(18)12(17)4-5-19-3/h6,11-12,17H,4-5,7-8H2,1-3H3/t12-/m1/s1. The van der Waals surface area contributed by atoms with Gasteiger partial charge < -0.3 is 10.0 Å². The summed E-state index contributed by atoms with van der Waals surface area (Å²) >= 11 is 1.64. The number of carbonyl (C=O) groups is 1. The van der Waals surface area contributed by atoms with Crippen LogP contribution < -0.4 is 0 Å². The van der Waals surface area contributed by atoms with Gasteiger partial charge in [0, 0.05) is 18.8 Å². The predicted molar refractivity (Wildman–Crippen MR) is 76.3 cm³/mol. The molecule has 1 aromatic heterocycles. The summed E-state index contributed by atoms with van der Waals surface area (Å²) in [5, 5.41) is 14.2. The normalized spacial score (nSPS) is 17.4. The van der Waals surface area contributed by atoms with Gasteiger partial charge in [-0.3, -0.25) is 9.48 Å². The Morgan fingerprint density at radius 1 is 1.58 bits per heavy atom. The Bertz CT molecular complexity index is 455. The number of aryl methyl sites for hydroxylation is 2. The minimum absolute atomic E-state index is 0.146.